The predicted octanol–water partition coefficient (Wildman–Crippen LogP) is 8.87. The Morgan fingerprint density at radius 2 is 1.46 bits per heavy atom. The van der Waals surface area contributed by atoms with Crippen LogP contribution in [0.5, 0.6) is 0 Å². The van der Waals surface area contributed by atoms with Crippen molar-refractivity contribution in [1.82, 2.24) is 20.1 Å². The summed E-state index contributed by atoms with van der Waals surface area (Å²) < 4.78 is 48.5. The molecule has 8 rings (SSSR count). The van der Waals surface area contributed by atoms with Gasteiger partial charge in [-0.2, -0.15) is 16.4 Å². The summed E-state index contributed by atoms with van der Waals surface area (Å²) in [5.41, 5.74) is 2.32. The number of anilines is 1. The summed E-state index contributed by atoms with van der Waals surface area (Å²) in [5.74, 6) is -1.70. The number of hydrogen-bond acceptors (Lipinski definition) is 6. The summed E-state index contributed by atoms with van der Waals surface area (Å²) in [7, 11) is 0. The third-order valence-electron chi connectivity index (χ3n) is 9.89. The number of aromatic nitrogens is 3. The molecule has 1 unspecified atom stereocenters. The molecule has 1 aliphatic heterocycles. The molecule has 1 fully saturated rings. The Balaban J connectivity index is 1.24. The number of carbonyl (C=O) groups is 1. The van der Waals surface area contributed by atoms with Gasteiger partial charge in [0.2, 0.25) is 0 Å². The summed E-state index contributed by atoms with van der Waals surface area (Å²) in [6, 6.07) is 31.6. The number of rotatable bonds is 9. The van der Waals surface area contributed by atoms with Gasteiger partial charge >= 0.3 is 0 Å². The van der Waals surface area contributed by atoms with Crippen LogP contribution in [0.4, 0.5) is 24.8 Å². The van der Waals surface area contributed by atoms with Crippen molar-refractivity contribution in [3.63, 3.8) is 0 Å². The number of hydrogen-bond donors (Lipinski definition) is 2. The normalized spacial score (nSPS) is 18.5. The van der Waals surface area contributed by atoms with E-state index in [1.54, 1.807) is 16.1 Å². The standard InChI is InChI=1S/C41H35F3N6OS/c42-30-21-33-36(37-34(43)23-35(44)38(48-37)46-31-17-10-18-32(22-31)47-40(51)26-19-20-52-25-26)49-50(39(33)45-24-30)41(27-11-4-1-5-12-27,28-13-6-2-7-14-28)29-15-8-3-9-16-29/h1-9,11-16,19-20,23-25,30-32H,10,17-18,21-22H2,(H,46,48)(H,47,51)/t30?,31-,32+/m0/s1. The second kappa shape index (κ2) is 14.2. The lowest BCUT2D eigenvalue weighted by atomic mass is 9.77. The van der Waals surface area contributed by atoms with Gasteiger partial charge in [-0.05, 0) is 53.8 Å². The molecule has 0 saturated heterocycles. The Hall–Kier alpha value is -5.55. The molecule has 0 spiro atoms. The van der Waals surface area contributed by atoms with Gasteiger partial charge in [-0.25, -0.2) is 27.8 Å². The number of alkyl halides is 1. The fourth-order valence-electron chi connectivity index (χ4n) is 7.53. The number of benzene rings is 3. The van der Waals surface area contributed by atoms with Gasteiger partial charge in [0, 0.05) is 47.3 Å². The van der Waals surface area contributed by atoms with Gasteiger partial charge in [0.05, 0.1) is 0 Å². The predicted molar refractivity (Wildman–Crippen MR) is 198 cm³/mol. The summed E-state index contributed by atoms with van der Waals surface area (Å²) in [5, 5.41) is 15.0. The van der Waals surface area contributed by atoms with Gasteiger partial charge in [-0.3, -0.25) is 4.79 Å². The molecular weight excluding hydrogens is 682 g/mol. The van der Waals surface area contributed by atoms with Crippen molar-refractivity contribution in [3.8, 4) is 11.4 Å². The smallest absolute Gasteiger partial charge is 0.252 e. The van der Waals surface area contributed by atoms with Crippen LogP contribution in [0.3, 0.4) is 0 Å². The van der Waals surface area contributed by atoms with Gasteiger partial charge in [0.1, 0.15) is 23.1 Å². The summed E-state index contributed by atoms with van der Waals surface area (Å²) in [6.07, 6.45) is 2.55. The van der Waals surface area contributed by atoms with E-state index in [2.05, 4.69) is 20.6 Å². The maximum absolute atomic E-state index is 16.0. The Labute approximate surface area is 303 Å². The molecule has 2 N–H and O–H groups in total. The number of thiophene rings is 1. The van der Waals surface area contributed by atoms with Gasteiger partial charge in [-0.1, -0.05) is 91.0 Å². The molecular formula is C41H35F3N6OS. The fraction of sp³-hybridized carbons (Fsp3) is 0.220. The van der Waals surface area contributed by atoms with Crippen LogP contribution in [0.1, 0.15) is 58.3 Å². The largest absolute Gasteiger partial charge is 0.365 e. The first-order chi connectivity index (χ1) is 25.4. The Morgan fingerprint density at radius 1 is 0.827 bits per heavy atom. The van der Waals surface area contributed by atoms with Crippen molar-refractivity contribution in [2.75, 3.05) is 5.32 Å². The van der Waals surface area contributed by atoms with Gasteiger partial charge in [0.25, 0.3) is 5.91 Å². The van der Waals surface area contributed by atoms with E-state index in [4.69, 9.17) is 5.10 Å². The highest BCUT2D eigenvalue weighted by Gasteiger charge is 2.43. The van der Waals surface area contributed by atoms with E-state index in [1.165, 1.54) is 17.6 Å². The van der Waals surface area contributed by atoms with E-state index in [0.29, 0.717) is 29.8 Å². The molecule has 7 nitrogen and oxygen atoms in total. The van der Waals surface area contributed by atoms with Crippen LogP contribution < -0.4 is 10.6 Å². The maximum atomic E-state index is 16.0. The van der Waals surface area contributed by atoms with Crippen LogP contribution >= 0.6 is 11.3 Å². The number of halogens is 3. The number of aliphatic imine (C=N–C) groups is 1. The minimum absolute atomic E-state index is 0.0896. The number of carbonyl (C=O) groups excluding carboxylic acids is 1. The van der Waals surface area contributed by atoms with Crippen molar-refractivity contribution in [2.24, 2.45) is 4.99 Å². The molecule has 3 aromatic carbocycles. The molecule has 0 radical (unpaired) electrons. The van der Waals surface area contributed by atoms with Crippen LogP contribution in [0, 0.1) is 11.6 Å². The lowest BCUT2D eigenvalue weighted by molar-refractivity contribution is 0.0927. The van der Waals surface area contributed by atoms with Crippen molar-refractivity contribution >= 4 is 35.1 Å². The zero-order valence-electron chi connectivity index (χ0n) is 28.1. The molecule has 1 saturated carbocycles. The molecule has 3 aromatic heterocycles. The lowest BCUT2D eigenvalue weighted by Gasteiger charge is -2.37. The van der Waals surface area contributed by atoms with Crippen LogP contribution in [0.2, 0.25) is 0 Å². The highest BCUT2D eigenvalue weighted by Crippen LogP contribution is 2.47. The van der Waals surface area contributed by atoms with Gasteiger partial charge in [0.15, 0.2) is 23.3 Å². The number of nitrogens with zero attached hydrogens (tertiary/aromatic N) is 4. The molecule has 1 amide bonds. The van der Waals surface area contributed by atoms with Crippen molar-refractivity contribution in [1.29, 1.82) is 0 Å². The van der Waals surface area contributed by atoms with Crippen molar-refractivity contribution in [2.45, 2.75) is 55.9 Å². The van der Waals surface area contributed by atoms with E-state index in [9.17, 15) is 4.79 Å². The highest BCUT2D eigenvalue weighted by molar-refractivity contribution is 7.08. The average molecular weight is 717 g/mol. The van der Waals surface area contributed by atoms with E-state index in [1.807, 2.05) is 96.4 Å². The summed E-state index contributed by atoms with van der Waals surface area (Å²) >= 11 is 1.45. The number of pyridine rings is 1. The Bertz CT molecular complexity index is 2110. The summed E-state index contributed by atoms with van der Waals surface area (Å²) in [4.78, 5) is 21.8. The third kappa shape index (κ3) is 6.19. The maximum Gasteiger partial charge on any atom is 0.252 e. The Kier molecular flexibility index (Phi) is 9.19. The van der Waals surface area contributed by atoms with Gasteiger partial charge < -0.3 is 10.6 Å². The van der Waals surface area contributed by atoms with Gasteiger partial charge in [-0.15, -0.1) is 0 Å². The topological polar surface area (TPSA) is 84.2 Å². The zero-order valence-corrected chi connectivity index (χ0v) is 28.9. The summed E-state index contributed by atoms with van der Waals surface area (Å²) in [6.45, 7) is 0. The lowest BCUT2D eigenvalue weighted by Crippen LogP contribution is -2.41. The molecule has 52 heavy (non-hydrogen) atoms. The molecule has 262 valence electrons. The molecule has 1 aliphatic carbocycles. The first-order valence-electron chi connectivity index (χ1n) is 17.3. The van der Waals surface area contributed by atoms with E-state index in [-0.39, 0.29) is 41.6 Å². The van der Waals surface area contributed by atoms with Crippen LogP contribution in [-0.4, -0.2) is 45.1 Å². The molecule has 2 aliphatic rings. The first-order valence-corrected chi connectivity index (χ1v) is 18.3. The highest BCUT2D eigenvalue weighted by atomic mass is 32.1. The third-order valence-corrected chi connectivity index (χ3v) is 10.6. The number of nitrogens with one attached hydrogen (secondary N) is 2. The van der Waals surface area contributed by atoms with Crippen molar-refractivity contribution < 1.29 is 18.0 Å². The minimum Gasteiger partial charge on any atom is -0.365 e. The average Bonchev–Trinajstić information content (AvgIpc) is 3.84. The molecule has 6 aromatic rings. The van der Waals surface area contributed by atoms with Crippen molar-refractivity contribution in [3.05, 3.63) is 153 Å². The second-order valence-corrected chi connectivity index (χ2v) is 14.0. The van der Waals surface area contributed by atoms with Crippen LogP contribution in [-0.2, 0) is 12.0 Å². The van der Waals surface area contributed by atoms with E-state index in [0.717, 1.165) is 35.6 Å². The molecule has 3 atom stereocenters. The van der Waals surface area contributed by atoms with Crippen LogP contribution in [0.25, 0.3) is 11.4 Å². The SMILES string of the molecule is O=C(N[C@@H]1CCC[C@H](Nc2nc(-c3nn(C(c4ccccc4)(c4ccccc4)c4ccccc4)c4c3CC(F)C=N4)c(F)cc2F)C1)c1ccsc1. The van der Waals surface area contributed by atoms with E-state index < -0.39 is 23.3 Å². The second-order valence-electron chi connectivity index (χ2n) is 13.2. The first kappa shape index (κ1) is 33.6. The molecule has 4 heterocycles. The zero-order chi connectivity index (χ0) is 35.7. The molecule has 11 heteroatoms. The monoisotopic (exact) mass is 716 g/mol. The number of fused-ring (bicyclic) bond motifs is 1. The molecule has 0 bridgehead atoms. The van der Waals surface area contributed by atoms with E-state index >= 15 is 13.2 Å². The number of amides is 1. The fourth-order valence-corrected chi connectivity index (χ4v) is 8.17. The van der Waals surface area contributed by atoms with Crippen LogP contribution in [0.15, 0.2) is 119 Å². The quantitative estimate of drug-likeness (QED) is 0.147. The Morgan fingerprint density at radius 3 is 2.08 bits per heavy atom. The minimum atomic E-state index is -1.44.